The van der Waals surface area contributed by atoms with E-state index in [1.54, 1.807) is 0 Å². The minimum atomic E-state index is -0.324. The van der Waals surface area contributed by atoms with E-state index in [1.165, 1.54) is 6.33 Å². The zero-order chi connectivity index (χ0) is 12.3. The van der Waals surface area contributed by atoms with Gasteiger partial charge in [0.25, 0.3) is 0 Å². The van der Waals surface area contributed by atoms with Gasteiger partial charge in [0.15, 0.2) is 11.6 Å². The maximum Gasteiger partial charge on any atom is 0.186 e. The zero-order valence-corrected chi connectivity index (χ0v) is 10.2. The molecule has 1 aliphatic carbocycles. The van der Waals surface area contributed by atoms with Crippen molar-refractivity contribution in [3.05, 3.63) is 17.8 Å². The van der Waals surface area contributed by atoms with Gasteiger partial charge in [-0.2, -0.15) is 0 Å². The van der Waals surface area contributed by atoms with Gasteiger partial charge in [0, 0.05) is 12.6 Å². The maximum absolute atomic E-state index is 13.8. The fraction of sp³-hybridized carbons (Fsp3) is 0.667. The van der Waals surface area contributed by atoms with Gasteiger partial charge in [-0.3, -0.25) is 0 Å². The Hall–Kier alpha value is -1.23. The van der Waals surface area contributed by atoms with Crippen LogP contribution in [-0.4, -0.2) is 28.7 Å². The lowest BCUT2D eigenvalue weighted by molar-refractivity contribution is 0.00285. The van der Waals surface area contributed by atoms with Gasteiger partial charge in [0.1, 0.15) is 6.33 Å². The second kappa shape index (κ2) is 5.40. The molecule has 0 saturated heterocycles. The number of halogens is 1. The van der Waals surface area contributed by atoms with E-state index < -0.39 is 0 Å². The monoisotopic (exact) mass is 239 g/mol. The lowest BCUT2D eigenvalue weighted by Gasteiger charge is -2.35. The molecule has 1 aromatic rings. The Morgan fingerprint density at radius 2 is 2.18 bits per heavy atom. The van der Waals surface area contributed by atoms with Crippen LogP contribution < -0.4 is 5.32 Å². The van der Waals surface area contributed by atoms with Crippen molar-refractivity contribution in [3.63, 3.8) is 0 Å². The molecule has 0 atom stereocenters. The van der Waals surface area contributed by atoms with Crippen molar-refractivity contribution in [2.24, 2.45) is 0 Å². The SMILES string of the molecule is CCOC1CC(Nc2ncnc(CC)c2F)C1. The molecule has 2 rings (SSSR count). The van der Waals surface area contributed by atoms with Crippen LogP contribution in [0.1, 0.15) is 32.4 Å². The number of aryl methyl sites for hydroxylation is 1. The largest absolute Gasteiger partial charge is 0.378 e. The number of rotatable bonds is 5. The Morgan fingerprint density at radius 3 is 2.82 bits per heavy atom. The van der Waals surface area contributed by atoms with Gasteiger partial charge >= 0.3 is 0 Å². The van der Waals surface area contributed by atoms with Crippen LogP contribution in [0.5, 0.6) is 0 Å². The van der Waals surface area contributed by atoms with Gasteiger partial charge in [-0.25, -0.2) is 14.4 Å². The van der Waals surface area contributed by atoms with Crippen LogP contribution in [0.2, 0.25) is 0 Å². The summed E-state index contributed by atoms with van der Waals surface area (Å²) in [4.78, 5) is 7.84. The summed E-state index contributed by atoms with van der Waals surface area (Å²) >= 11 is 0. The second-order valence-electron chi connectivity index (χ2n) is 4.23. The van der Waals surface area contributed by atoms with Crippen LogP contribution in [0.3, 0.4) is 0 Å². The number of nitrogens with one attached hydrogen (secondary N) is 1. The summed E-state index contributed by atoms with van der Waals surface area (Å²) in [5, 5.41) is 3.10. The van der Waals surface area contributed by atoms with Crippen LogP contribution in [-0.2, 0) is 11.2 Å². The molecule has 0 aliphatic heterocycles. The average molecular weight is 239 g/mol. The summed E-state index contributed by atoms with van der Waals surface area (Å²) in [5.41, 5.74) is 0.461. The first-order valence-electron chi connectivity index (χ1n) is 6.12. The zero-order valence-electron chi connectivity index (χ0n) is 10.2. The van der Waals surface area contributed by atoms with E-state index in [4.69, 9.17) is 4.74 Å². The molecule has 1 aliphatic rings. The first kappa shape index (κ1) is 12.2. The predicted octanol–water partition coefficient (Wildman–Crippen LogP) is 2.16. The molecule has 1 fully saturated rings. The Balaban J connectivity index is 1.92. The van der Waals surface area contributed by atoms with Crippen molar-refractivity contribution in [2.45, 2.75) is 45.3 Å². The predicted molar refractivity (Wildman–Crippen MR) is 63.4 cm³/mol. The average Bonchev–Trinajstić information content (AvgIpc) is 2.28. The molecular weight excluding hydrogens is 221 g/mol. The van der Waals surface area contributed by atoms with Gasteiger partial charge < -0.3 is 10.1 Å². The summed E-state index contributed by atoms with van der Waals surface area (Å²) < 4.78 is 19.3. The van der Waals surface area contributed by atoms with Crippen molar-refractivity contribution < 1.29 is 9.13 Å². The Labute approximate surface area is 101 Å². The molecule has 1 saturated carbocycles. The molecule has 0 spiro atoms. The first-order valence-corrected chi connectivity index (χ1v) is 6.12. The molecule has 0 aromatic carbocycles. The third-order valence-electron chi connectivity index (χ3n) is 3.03. The highest BCUT2D eigenvalue weighted by Gasteiger charge is 2.30. The van der Waals surface area contributed by atoms with E-state index in [0.29, 0.717) is 24.0 Å². The van der Waals surface area contributed by atoms with E-state index in [2.05, 4.69) is 15.3 Å². The summed E-state index contributed by atoms with van der Waals surface area (Å²) in [6.45, 7) is 4.60. The molecule has 1 aromatic heterocycles. The molecule has 0 unspecified atom stereocenters. The maximum atomic E-state index is 13.8. The second-order valence-corrected chi connectivity index (χ2v) is 4.23. The number of anilines is 1. The highest BCUT2D eigenvalue weighted by Crippen LogP contribution is 2.27. The molecule has 0 amide bonds. The topological polar surface area (TPSA) is 47.0 Å². The van der Waals surface area contributed by atoms with Crippen molar-refractivity contribution in [3.8, 4) is 0 Å². The fourth-order valence-corrected chi connectivity index (χ4v) is 2.00. The number of hydrogen-bond donors (Lipinski definition) is 1. The summed E-state index contributed by atoms with van der Waals surface area (Å²) in [6.07, 6.45) is 4.13. The number of nitrogens with zero attached hydrogens (tertiary/aromatic N) is 2. The lowest BCUT2D eigenvalue weighted by Crippen LogP contribution is -2.41. The Bertz CT molecular complexity index is 380. The van der Waals surface area contributed by atoms with Crippen molar-refractivity contribution in [1.82, 2.24) is 9.97 Å². The minimum Gasteiger partial charge on any atom is -0.378 e. The molecule has 1 N–H and O–H groups in total. The van der Waals surface area contributed by atoms with Crippen LogP contribution >= 0.6 is 0 Å². The Morgan fingerprint density at radius 1 is 1.41 bits per heavy atom. The van der Waals surface area contributed by atoms with Crippen LogP contribution in [0.15, 0.2) is 6.33 Å². The van der Waals surface area contributed by atoms with E-state index in [9.17, 15) is 4.39 Å². The Kier molecular flexibility index (Phi) is 3.89. The molecule has 0 radical (unpaired) electrons. The third-order valence-corrected chi connectivity index (χ3v) is 3.03. The number of aromatic nitrogens is 2. The van der Waals surface area contributed by atoms with Gasteiger partial charge in [-0.05, 0) is 26.2 Å². The summed E-state index contributed by atoms with van der Waals surface area (Å²) in [5.74, 6) is -0.00772. The summed E-state index contributed by atoms with van der Waals surface area (Å²) in [7, 11) is 0. The van der Waals surface area contributed by atoms with Gasteiger partial charge in [-0.15, -0.1) is 0 Å². The van der Waals surface area contributed by atoms with Crippen molar-refractivity contribution in [2.75, 3.05) is 11.9 Å². The third kappa shape index (κ3) is 2.72. The standard InChI is InChI=1S/C12H18FN3O/c1-3-10-11(13)12(15-7-14-10)16-8-5-9(6-8)17-4-2/h7-9H,3-6H2,1-2H3,(H,14,15,16). The normalized spacial score (nSPS) is 23.2. The van der Waals surface area contributed by atoms with Gasteiger partial charge in [0.05, 0.1) is 11.8 Å². The van der Waals surface area contributed by atoms with Crippen LogP contribution in [0, 0.1) is 5.82 Å². The molecular formula is C12H18FN3O. The van der Waals surface area contributed by atoms with E-state index in [0.717, 1.165) is 19.4 Å². The molecule has 4 nitrogen and oxygen atoms in total. The van der Waals surface area contributed by atoms with E-state index in [-0.39, 0.29) is 11.9 Å². The van der Waals surface area contributed by atoms with E-state index >= 15 is 0 Å². The number of hydrogen-bond acceptors (Lipinski definition) is 4. The highest BCUT2D eigenvalue weighted by molar-refractivity contribution is 5.39. The lowest BCUT2D eigenvalue weighted by atomic mass is 9.89. The highest BCUT2D eigenvalue weighted by atomic mass is 19.1. The quantitative estimate of drug-likeness (QED) is 0.855. The smallest absolute Gasteiger partial charge is 0.186 e. The van der Waals surface area contributed by atoms with Crippen molar-refractivity contribution >= 4 is 5.82 Å². The molecule has 94 valence electrons. The van der Waals surface area contributed by atoms with Crippen LogP contribution in [0.25, 0.3) is 0 Å². The molecule has 5 heteroatoms. The fourth-order valence-electron chi connectivity index (χ4n) is 2.00. The van der Waals surface area contributed by atoms with Crippen LogP contribution in [0.4, 0.5) is 10.2 Å². The molecule has 0 bridgehead atoms. The van der Waals surface area contributed by atoms with Crippen molar-refractivity contribution in [1.29, 1.82) is 0 Å². The van der Waals surface area contributed by atoms with E-state index in [1.807, 2.05) is 13.8 Å². The first-order chi connectivity index (χ1) is 8.24. The minimum absolute atomic E-state index is 0.264. The summed E-state index contributed by atoms with van der Waals surface area (Å²) in [6, 6.07) is 0.264. The molecule has 17 heavy (non-hydrogen) atoms. The number of ether oxygens (including phenoxy) is 1. The van der Waals surface area contributed by atoms with Gasteiger partial charge in [-0.1, -0.05) is 6.92 Å². The molecule has 1 heterocycles. The van der Waals surface area contributed by atoms with Gasteiger partial charge in [0.2, 0.25) is 0 Å².